The molecule has 9 nitrogen and oxygen atoms in total. The van der Waals surface area contributed by atoms with Gasteiger partial charge in [0.2, 0.25) is 5.91 Å². The van der Waals surface area contributed by atoms with E-state index in [4.69, 9.17) is 4.74 Å². The van der Waals surface area contributed by atoms with Crippen LogP contribution in [0.5, 0.6) is 5.75 Å². The van der Waals surface area contributed by atoms with E-state index in [2.05, 4.69) is 50.9 Å². The summed E-state index contributed by atoms with van der Waals surface area (Å²) in [4.78, 5) is 45.7. The van der Waals surface area contributed by atoms with E-state index >= 15 is 0 Å². The number of piperazine rings is 1. The fourth-order valence-electron chi connectivity index (χ4n) is 5.99. The molecule has 3 amide bonds. The third kappa shape index (κ3) is 7.02. The second-order valence-corrected chi connectivity index (χ2v) is 13.1. The lowest BCUT2D eigenvalue weighted by molar-refractivity contribution is -0.147. The zero-order chi connectivity index (χ0) is 30.0. The van der Waals surface area contributed by atoms with Gasteiger partial charge < -0.3 is 29.4 Å². The Kier molecular flexibility index (Phi) is 9.01. The average Bonchev–Trinajstić information content (AvgIpc) is 3.82. The van der Waals surface area contributed by atoms with Crippen LogP contribution in [-0.4, -0.2) is 88.6 Å². The van der Waals surface area contributed by atoms with E-state index in [1.807, 2.05) is 24.3 Å². The lowest BCUT2D eigenvalue weighted by Gasteiger charge is -2.38. The second-order valence-electron chi connectivity index (χ2n) is 12.2. The number of amides is 3. The summed E-state index contributed by atoms with van der Waals surface area (Å²) >= 11 is 3.58. The van der Waals surface area contributed by atoms with Gasteiger partial charge in [0, 0.05) is 68.1 Å². The predicted octanol–water partition coefficient (Wildman–Crippen LogP) is 5.14. The highest BCUT2D eigenvalue weighted by Crippen LogP contribution is 2.34. The van der Waals surface area contributed by atoms with Crippen LogP contribution in [0.3, 0.4) is 0 Å². The highest BCUT2D eigenvalue weighted by atomic mass is 79.9. The molecule has 5 rings (SSSR count). The van der Waals surface area contributed by atoms with Crippen molar-refractivity contribution in [3.05, 3.63) is 58.1 Å². The third-order valence-corrected chi connectivity index (χ3v) is 9.41. The van der Waals surface area contributed by atoms with Gasteiger partial charge in [0.05, 0.1) is 5.92 Å². The maximum atomic E-state index is 13.8. The summed E-state index contributed by atoms with van der Waals surface area (Å²) in [5, 5.41) is 9.20. The van der Waals surface area contributed by atoms with Crippen LogP contribution in [0.2, 0.25) is 0 Å². The lowest BCUT2D eigenvalue weighted by Crippen LogP contribution is -2.56. The Morgan fingerprint density at radius 3 is 2.38 bits per heavy atom. The number of aryl methyl sites for hydroxylation is 1. The molecule has 1 saturated carbocycles. The van der Waals surface area contributed by atoms with E-state index in [1.54, 1.807) is 18.7 Å². The van der Waals surface area contributed by atoms with Crippen LogP contribution in [0.15, 0.2) is 46.9 Å². The van der Waals surface area contributed by atoms with Crippen LogP contribution in [-0.2, 0) is 16.1 Å². The summed E-state index contributed by atoms with van der Waals surface area (Å²) in [5.74, 6) is 0.601. The molecule has 3 aliphatic rings. The van der Waals surface area contributed by atoms with Crippen molar-refractivity contribution in [3.63, 3.8) is 0 Å². The number of halogens is 1. The van der Waals surface area contributed by atoms with Crippen molar-refractivity contribution in [1.82, 2.24) is 14.7 Å². The van der Waals surface area contributed by atoms with Crippen molar-refractivity contribution in [2.45, 2.75) is 64.6 Å². The largest absolute Gasteiger partial charge is 0.478 e. The first kappa shape index (κ1) is 30.2. The summed E-state index contributed by atoms with van der Waals surface area (Å²) in [6, 6.07) is 14.4. The summed E-state index contributed by atoms with van der Waals surface area (Å²) in [6.45, 7) is 9.02. The molecule has 0 spiro atoms. The van der Waals surface area contributed by atoms with Crippen LogP contribution in [0.25, 0.3) is 0 Å². The number of carbonyl (C=O) groups is 3. The molecule has 2 aliphatic heterocycles. The Hall–Kier alpha value is -3.27. The number of hydrogen-bond donors (Lipinski definition) is 1. The van der Waals surface area contributed by atoms with Gasteiger partial charge in [0.1, 0.15) is 5.75 Å². The van der Waals surface area contributed by atoms with Crippen molar-refractivity contribution < 1.29 is 24.2 Å². The van der Waals surface area contributed by atoms with Gasteiger partial charge in [-0.25, -0.2) is 4.79 Å². The molecule has 10 heteroatoms. The first-order valence-corrected chi connectivity index (χ1v) is 15.7. The number of piperidine rings is 1. The minimum atomic E-state index is -1.11. The zero-order valence-corrected chi connectivity index (χ0v) is 26.3. The van der Waals surface area contributed by atoms with E-state index < -0.39 is 11.7 Å². The summed E-state index contributed by atoms with van der Waals surface area (Å²) < 4.78 is 7.31. The monoisotopic (exact) mass is 640 g/mol. The van der Waals surface area contributed by atoms with Crippen LogP contribution >= 0.6 is 15.9 Å². The van der Waals surface area contributed by atoms with Crippen LogP contribution in [0.1, 0.15) is 50.7 Å². The molecule has 2 aromatic rings. The number of rotatable bonds is 8. The van der Waals surface area contributed by atoms with Crippen molar-refractivity contribution in [3.8, 4) is 5.75 Å². The van der Waals surface area contributed by atoms with E-state index in [0.717, 1.165) is 48.0 Å². The topological polar surface area (TPSA) is 93.6 Å². The molecule has 2 heterocycles. The van der Waals surface area contributed by atoms with Crippen LogP contribution in [0, 0.1) is 12.8 Å². The minimum Gasteiger partial charge on any atom is -0.478 e. The Morgan fingerprint density at radius 1 is 1.00 bits per heavy atom. The third-order valence-electron chi connectivity index (χ3n) is 8.52. The molecule has 0 bridgehead atoms. The molecule has 1 unspecified atom stereocenters. The molecule has 42 heavy (non-hydrogen) atoms. The number of hydrogen-bond acceptors (Lipinski definition) is 5. The molecule has 1 N–H and O–H groups in total. The quantitative estimate of drug-likeness (QED) is 0.429. The Labute approximate surface area is 256 Å². The molecular weight excluding hydrogens is 600 g/mol. The van der Waals surface area contributed by atoms with E-state index in [1.165, 1.54) is 10.5 Å². The van der Waals surface area contributed by atoms with Gasteiger partial charge in [-0.05, 0) is 75.8 Å². The fourth-order valence-corrected chi connectivity index (χ4v) is 6.23. The Bertz CT molecular complexity index is 1320. The standard InChI is InChI=1S/C32H41BrN4O5/c1-22-18-23(9-12-28(22)33)20-37(25-10-11-25)29(38)24-6-5-13-36(21-24)26-7-4-8-27(19-26)42-32(2,3)30(39)34-14-16-35(17-15-34)31(40)41/h4,7-9,12,18-19,24-25H,5-6,10-11,13-17,20-21H2,1-3H3,(H,40,41). The minimum absolute atomic E-state index is 0.0667. The normalized spacial score (nSPS) is 19.4. The van der Waals surface area contributed by atoms with Gasteiger partial charge in [-0.1, -0.05) is 34.1 Å². The van der Waals surface area contributed by atoms with Crippen LogP contribution in [0.4, 0.5) is 10.5 Å². The van der Waals surface area contributed by atoms with Gasteiger partial charge in [-0.15, -0.1) is 0 Å². The van der Waals surface area contributed by atoms with Gasteiger partial charge in [0.25, 0.3) is 5.91 Å². The highest BCUT2D eigenvalue weighted by Gasteiger charge is 2.38. The summed E-state index contributed by atoms with van der Waals surface area (Å²) in [6.07, 6.45) is 2.99. The first-order valence-electron chi connectivity index (χ1n) is 14.9. The second kappa shape index (κ2) is 12.5. The maximum Gasteiger partial charge on any atom is 0.407 e. The number of benzene rings is 2. The van der Waals surface area contributed by atoms with E-state index in [0.29, 0.717) is 51.1 Å². The summed E-state index contributed by atoms with van der Waals surface area (Å²) in [7, 11) is 0. The highest BCUT2D eigenvalue weighted by molar-refractivity contribution is 9.10. The Balaban J connectivity index is 1.22. The molecule has 2 saturated heterocycles. The van der Waals surface area contributed by atoms with Crippen molar-refractivity contribution >= 4 is 39.5 Å². The van der Waals surface area contributed by atoms with Crippen molar-refractivity contribution in [1.29, 1.82) is 0 Å². The number of nitrogens with zero attached hydrogens (tertiary/aromatic N) is 4. The SMILES string of the molecule is Cc1cc(CN(C(=O)C2CCCN(c3cccc(OC(C)(C)C(=O)N4CCN(C(=O)O)CC4)c3)C2)C2CC2)ccc1Br. The smallest absolute Gasteiger partial charge is 0.407 e. The number of carboxylic acid groups (broad SMARTS) is 1. The molecule has 3 fully saturated rings. The van der Waals surface area contributed by atoms with Gasteiger partial charge in [0.15, 0.2) is 5.60 Å². The summed E-state index contributed by atoms with van der Waals surface area (Å²) in [5.41, 5.74) is 2.20. The molecule has 1 aliphatic carbocycles. The predicted molar refractivity (Wildman–Crippen MR) is 165 cm³/mol. The van der Waals surface area contributed by atoms with Crippen molar-refractivity contribution in [2.75, 3.05) is 44.2 Å². The molecular formula is C32H41BrN4O5. The van der Waals surface area contributed by atoms with E-state index in [-0.39, 0.29) is 17.7 Å². The van der Waals surface area contributed by atoms with E-state index in [9.17, 15) is 19.5 Å². The number of ether oxygens (including phenoxy) is 1. The molecule has 226 valence electrons. The Morgan fingerprint density at radius 2 is 1.71 bits per heavy atom. The fraction of sp³-hybridized carbons (Fsp3) is 0.531. The average molecular weight is 642 g/mol. The first-order chi connectivity index (χ1) is 20.0. The van der Waals surface area contributed by atoms with Gasteiger partial charge in [-0.2, -0.15) is 0 Å². The maximum absolute atomic E-state index is 13.8. The number of carbonyl (C=O) groups excluding carboxylic acids is 2. The van der Waals surface area contributed by atoms with Gasteiger partial charge >= 0.3 is 6.09 Å². The molecule has 0 aromatic heterocycles. The molecule has 0 radical (unpaired) electrons. The lowest BCUT2D eigenvalue weighted by atomic mass is 9.95. The van der Waals surface area contributed by atoms with Crippen molar-refractivity contribution in [2.24, 2.45) is 5.92 Å². The van der Waals surface area contributed by atoms with Gasteiger partial charge in [-0.3, -0.25) is 9.59 Å². The zero-order valence-electron chi connectivity index (χ0n) is 24.7. The molecule has 2 aromatic carbocycles. The number of anilines is 1. The molecule has 1 atom stereocenters. The van der Waals surface area contributed by atoms with Crippen LogP contribution < -0.4 is 9.64 Å².